The van der Waals surface area contributed by atoms with Crippen LogP contribution in [-0.4, -0.2) is 17.6 Å². The van der Waals surface area contributed by atoms with Gasteiger partial charge in [-0.15, -0.1) is 0 Å². The summed E-state index contributed by atoms with van der Waals surface area (Å²) in [5.74, 6) is 2.09. The van der Waals surface area contributed by atoms with Crippen molar-refractivity contribution in [2.45, 2.75) is 57.4 Å². The van der Waals surface area contributed by atoms with Crippen molar-refractivity contribution in [3.05, 3.63) is 30.1 Å². The average Bonchev–Trinajstić information content (AvgIpc) is 2.48. The van der Waals surface area contributed by atoms with Gasteiger partial charge < -0.3 is 5.32 Å². The zero-order valence-electron chi connectivity index (χ0n) is 11.9. The summed E-state index contributed by atoms with van der Waals surface area (Å²) in [5, 5.41) is 3.78. The Balaban J connectivity index is 1.41. The number of aromatic nitrogens is 1. The molecule has 2 fully saturated rings. The molecule has 0 spiro atoms. The van der Waals surface area contributed by atoms with E-state index in [1.165, 1.54) is 50.5 Å². The first kappa shape index (κ1) is 13.1. The summed E-state index contributed by atoms with van der Waals surface area (Å²) in [6.45, 7) is 1.12. The summed E-state index contributed by atoms with van der Waals surface area (Å²) in [6, 6.07) is 5.03. The molecular weight excluding hydrogens is 232 g/mol. The Morgan fingerprint density at radius 1 is 1.00 bits per heavy atom. The highest BCUT2D eigenvalue weighted by atomic mass is 14.9. The number of rotatable bonds is 4. The van der Waals surface area contributed by atoms with E-state index in [0.717, 1.165) is 30.8 Å². The van der Waals surface area contributed by atoms with Crippen LogP contribution >= 0.6 is 0 Å². The zero-order chi connectivity index (χ0) is 12.9. The molecule has 1 heterocycles. The molecule has 2 saturated carbocycles. The molecule has 1 aromatic rings. The summed E-state index contributed by atoms with van der Waals surface area (Å²) in [4.78, 5) is 4.07. The molecule has 0 radical (unpaired) electrons. The summed E-state index contributed by atoms with van der Waals surface area (Å²) in [7, 11) is 0. The molecule has 104 valence electrons. The Labute approximate surface area is 117 Å². The molecule has 0 amide bonds. The Kier molecular flexibility index (Phi) is 4.49. The van der Waals surface area contributed by atoms with Crippen LogP contribution < -0.4 is 5.32 Å². The Hall–Kier alpha value is -0.890. The lowest BCUT2D eigenvalue weighted by Crippen LogP contribution is -2.39. The molecule has 2 aliphatic carbocycles. The van der Waals surface area contributed by atoms with Crippen molar-refractivity contribution in [1.29, 1.82) is 0 Å². The third kappa shape index (κ3) is 3.56. The van der Waals surface area contributed by atoms with Crippen LogP contribution in [0.5, 0.6) is 0 Å². The number of nitrogens with one attached hydrogen (secondary N) is 1. The van der Waals surface area contributed by atoms with Gasteiger partial charge in [0.05, 0.1) is 0 Å². The summed E-state index contributed by atoms with van der Waals surface area (Å²) < 4.78 is 0. The molecule has 1 aromatic heterocycles. The van der Waals surface area contributed by atoms with Crippen LogP contribution in [0.25, 0.3) is 0 Å². The second-order valence-corrected chi connectivity index (χ2v) is 6.37. The monoisotopic (exact) mass is 258 g/mol. The van der Waals surface area contributed by atoms with Gasteiger partial charge in [0.2, 0.25) is 0 Å². The lowest BCUT2D eigenvalue weighted by atomic mass is 9.69. The number of hydrogen-bond donors (Lipinski definition) is 1. The van der Waals surface area contributed by atoms with Crippen molar-refractivity contribution >= 4 is 0 Å². The van der Waals surface area contributed by atoms with Crippen molar-refractivity contribution < 1.29 is 0 Å². The molecule has 19 heavy (non-hydrogen) atoms. The number of pyridine rings is 1. The molecule has 2 heteroatoms. The van der Waals surface area contributed by atoms with E-state index in [1.54, 1.807) is 0 Å². The second kappa shape index (κ2) is 6.51. The SMILES string of the molecule is c1cc(CCNC2CCC3CCCCC3C2)ccn1. The molecule has 0 bridgehead atoms. The van der Waals surface area contributed by atoms with Crippen LogP contribution in [0.15, 0.2) is 24.5 Å². The molecule has 2 nitrogen and oxygen atoms in total. The van der Waals surface area contributed by atoms with Crippen LogP contribution in [-0.2, 0) is 6.42 Å². The normalized spacial score (nSPS) is 30.8. The van der Waals surface area contributed by atoms with Gasteiger partial charge in [0.25, 0.3) is 0 Å². The molecule has 1 N–H and O–H groups in total. The van der Waals surface area contributed by atoms with Gasteiger partial charge in [-0.3, -0.25) is 4.98 Å². The molecule has 0 aliphatic heterocycles. The van der Waals surface area contributed by atoms with Crippen molar-refractivity contribution in [1.82, 2.24) is 10.3 Å². The molecule has 0 aromatic carbocycles. The van der Waals surface area contributed by atoms with Crippen LogP contribution in [0.2, 0.25) is 0 Å². The maximum atomic E-state index is 4.07. The molecule has 3 rings (SSSR count). The fourth-order valence-corrected chi connectivity index (χ4v) is 4.03. The fourth-order valence-electron chi connectivity index (χ4n) is 4.03. The van der Waals surface area contributed by atoms with E-state index in [9.17, 15) is 0 Å². The molecular formula is C17H26N2. The van der Waals surface area contributed by atoms with Crippen molar-refractivity contribution in [2.75, 3.05) is 6.54 Å². The minimum Gasteiger partial charge on any atom is -0.314 e. The van der Waals surface area contributed by atoms with E-state index in [4.69, 9.17) is 0 Å². The largest absolute Gasteiger partial charge is 0.314 e. The third-order valence-electron chi connectivity index (χ3n) is 5.14. The van der Waals surface area contributed by atoms with Gasteiger partial charge >= 0.3 is 0 Å². The van der Waals surface area contributed by atoms with E-state index in [0.29, 0.717) is 0 Å². The van der Waals surface area contributed by atoms with Crippen molar-refractivity contribution in [3.63, 3.8) is 0 Å². The van der Waals surface area contributed by atoms with Gasteiger partial charge in [0.15, 0.2) is 0 Å². The highest BCUT2D eigenvalue weighted by Gasteiger charge is 2.31. The van der Waals surface area contributed by atoms with Crippen LogP contribution in [0.1, 0.15) is 50.5 Å². The van der Waals surface area contributed by atoms with Gasteiger partial charge in [-0.1, -0.05) is 25.7 Å². The van der Waals surface area contributed by atoms with Crippen molar-refractivity contribution in [3.8, 4) is 0 Å². The van der Waals surface area contributed by atoms with Gasteiger partial charge in [0.1, 0.15) is 0 Å². The number of hydrogen-bond acceptors (Lipinski definition) is 2. The Morgan fingerprint density at radius 3 is 2.63 bits per heavy atom. The number of nitrogens with zero attached hydrogens (tertiary/aromatic N) is 1. The van der Waals surface area contributed by atoms with Gasteiger partial charge in [0, 0.05) is 18.4 Å². The zero-order valence-corrected chi connectivity index (χ0v) is 11.9. The minimum atomic E-state index is 0.779. The minimum absolute atomic E-state index is 0.779. The third-order valence-corrected chi connectivity index (χ3v) is 5.14. The smallest absolute Gasteiger partial charge is 0.0270 e. The van der Waals surface area contributed by atoms with E-state index >= 15 is 0 Å². The average molecular weight is 258 g/mol. The van der Waals surface area contributed by atoms with Gasteiger partial charge in [-0.25, -0.2) is 0 Å². The Morgan fingerprint density at radius 2 is 1.79 bits per heavy atom. The maximum absolute atomic E-state index is 4.07. The second-order valence-electron chi connectivity index (χ2n) is 6.37. The van der Waals surface area contributed by atoms with Crippen LogP contribution in [0.3, 0.4) is 0 Å². The summed E-state index contributed by atoms with van der Waals surface area (Å²) in [6.07, 6.45) is 15.2. The summed E-state index contributed by atoms with van der Waals surface area (Å²) in [5.41, 5.74) is 1.40. The molecule has 2 aliphatic rings. The van der Waals surface area contributed by atoms with Crippen LogP contribution in [0, 0.1) is 11.8 Å². The van der Waals surface area contributed by atoms with E-state index in [-0.39, 0.29) is 0 Å². The lowest BCUT2D eigenvalue weighted by Gasteiger charge is -2.39. The first-order valence-corrected chi connectivity index (χ1v) is 8.04. The first-order chi connectivity index (χ1) is 9.42. The highest BCUT2D eigenvalue weighted by Crippen LogP contribution is 2.40. The molecule has 3 unspecified atom stereocenters. The van der Waals surface area contributed by atoms with E-state index in [1.807, 2.05) is 12.4 Å². The van der Waals surface area contributed by atoms with Gasteiger partial charge in [-0.05, 0) is 61.8 Å². The first-order valence-electron chi connectivity index (χ1n) is 8.04. The summed E-state index contributed by atoms with van der Waals surface area (Å²) >= 11 is 0. The Bertz CT molecular complexity index is 376. The predicted molar refractivity (Wildman–Crippen MR) is 79.0 cm³/mol. The van der Waals surface area contributed by atoms with Crippen molar-refractivity contribution in [2.24, 2.45) is 11.8 Å². The standard InChI is InChI=1S/C17H26N2/c1-2-4-16-13-17(6-5-15(16)3-1)19-12-9-14-7-10-18-11-8-14/h7-8,10-11,15-17,19H,1-6,9,12-13H2. The van der Waals surface area contributed by atoms with Gasteiger partial charge in [-0.2, -0.15) is 0 Å². The van der Waals surface area contributed by atoms with E-state index < -0.39 is 0 Å². The number of fused-ring (bicyclic) bond motifs is 1. The fraction of sp³-hybridized carbons (Fsp3) is 0.706. The van der Waals surface area contributed by atoms with E-state index in [2.05, 4.69) is 22.4 Å². The topological polar surface area (TPSA) is 24.9 Å². The van der Waals surface area contributed by atoms with Crippen LogP contribution in [0.4, 0.5) is 0 Å². The molecule has 3 atom stereocenters. The highest BCUT2D eigenvalue weighted by molar-refractivity contribution is 5.09. The predicted octanol–water partition coefficient (Wildman–Crippen LogP) is 3.57. The quantitative estimate of drug-likeness (QED) is 0.893. The molecule has 0 saturated heterocycles. The lowest BCUT2D eigenvalue weighted by molar-refractivity contribution is 0.144. The maximum Gasteiger partial charge on any atom is 0.0270 e.